The van der Waals surface area contributed by atoms with Crippen LogP contribution in [-0.4, -0.2) is 25.3 Å². The number of ether oxygens (including phenoxy) is 2. The largest absolute Gasteiger partial charge is 0.823 e. The molecule has 0 fully saturated rings. The molecule has 0 radical (unpaired) electrons. The Hall–Kier alpha value is -2.09. The molecule has 0 amide bonds. The Labute approximate surface area is 164 Å². The van der Waals surface area contributed by atoms with Crippen molar-refractivity contribution in [3.8, 4) is 5.75 Å². The first-order chi connectivity index (χ1) is 13.5. The second-order valence-electron chi connectivity index (χ2n) is 5.68. The summed E-state index contributed by atoms with van der Waals surface area (Å²) in [6.07, 6.45) is -10.2. The van der Waals surface area contributed by atoms with Crippen molar-refractivity contribution in [2.75, 3.05) is 19.8 Å². The predicted molar refractivity (Wildman–Crippen MR) is 95.5 cm³/mol. The summed E-state index contributed by atoms with van der Waals surface area (Å²) in [4.78, 5) is 0. The quantitative estimate of drug-likeness (QED) is 0.370. The standard InChI is InChI=1S/C19H17F6O3P/c1-2-27-10-11-28-12-6-8-13(9-7-12)29-17(26)16-14(18(20,21)22)4-3-5-15(16)19(23,24)25/h3-9,26H,2,10-11H2,1H3/p-1. The van der Waals surface area contributed by atoms with Crippen LogP contribution >= 0.6 is 8.20 Å². The molecule has 0 aliphatic heterocycles. The molecule has 0 saturated heterocycles. The van der Waals surface area contributed by atoms with Crippen LogP contribution in [0.4, 0.5) is 26.3 Å². The van der Waals surface area contributed by atoms with Gasteiger partial charge >= 0.3 is 12.4 Å². The number of hydrogen-bond acceptors (Lipinski definition) is 3. The SMILES string of the molecule is CCOCCOc1ccc(P=C([O-])c2c(C(F)(F)F)cccc2C(F)(F)F)cc1. The molecular formula is C19H16F6O3P-. The van der Waals surface area contributed by atoms with E-state index in [1.54, 1.807) is 0 Å². The van der Waals surface area contributed by atoms with Crippen molar-refractivity contribution in [1.29, 1.82) is 0 Å². The van der Waals surface area contributed by atoms with Crippen molar-refractivity contribution in [2.45, 2.75) is 19.3 Å². The Bertz CT molecular complexity index is 812. The molecular weight excluding hydrogens is 421 g/mol. The maximum atomic E-state index is 13.2. The highest BCUT2D eigenvalue weighted by Gasteiger charge is 2.40. The minimum Gasteiger partial charge on any atom is -0.823 e. The molecule has 2 aromatic carbocycles. The van der Waals surface area contributed by atoms with E-state index in [0.29, 0.717) is 37.2 Å². The predicted octanol–water partition coefficient (Wildman–Crippen LogP) is 4.25. The third kappa shape index (κ3) is 6.45. The van der Waals surface area contributed by atoms with Crippen LogP contribution in [0.5, 0.6) is 5.75 Å². The zero-order valence-electron chi connectivity index (χ0n) is 15.1. The first-order valence-corrected chi connectivity index (χ1v) is 9.27. The van der Waals surface area contributed by atoms with Crippen LogP contribution in [0, 0.1) is 0 Å². The van der Waals surface area contributed by atoms with Crippen molar-refractivity contribution in [3.63, 3.8) is 0 Å². The molecule has 2 rings (SSSR count). The first-order valence-electron chi connectivity index (χ1n) is 8.38. The molecule has 0 aliphatic carbocycles. The molecule has 0 bridgehead atoms. The molecule has 0 N–H and O–H groups in total. The van der Waals surface area contributed by atoms with E-state index in [1.807, 2.05) is 6.92 Å². The third-order valence-corrected chi connectivity index (χ3v) is 4.64. The molecule has 29 heavy (non-hydrogen) atoms. The lowest BCUT2D eigenvalue weighted by atomic mass is 10.0. The fourth-order valence-electron chi connectivity index (χ4n) is 2.41. The van der Waals surface area contributed by atoms with E-state index in [2.05, 4.69) is 0 Å². The summed E-state index contributed by atoms with van der Waals surface area (Å²) in [6.45, 7) is 3.00. The van der Waals surface area contributed by atoms with E-state index in [-0.39, 0.29) is 20.1 Å². The lowest BCUT2D eigenvalue weighted by Gasteiger charge is -2.23. The molecule has 0 spiro atoms. The fraction of sp³-hybridized carbons (Fsp3) is 0.316. The van der Waals surface area contributed by atoms with E-state index in [0.717, 1.165) is 0 Å². The summed E-state index contributed by atoms with van der Waals surface area (Å²) in [5.74, 6) is 0.433. The van der Waals surface area contributed by atoms with Gasteiger partial charge in [0.2, 0.25) is 0 Å². The maximum Gasteiger partial charge on any atom is 0.416 e. The Morgan fingerprint density at radius 2 is 1.45 bits per heavy atom. The smallest absolute Gasteiger partial charge is 0.416 e. The van der Waals surface area contributed by atoms with Gasteiger partial charge in [0.1, 0.15) is 12.4 Å². The molecule has 0 heterocycles. The zero-order chi connectivity index (χ0) is 21.7. The van der Waals surface area contributed by atoms with Gasteiger partial charge in [-0.15, -0.1) is 5.48 Å². The van der Waals surface area contributed by atoms with E-state index < -0.39 is 34.5 Å². The van der Waals surface area contributed by atoms with Crippen molar-refractivity contribution >= 4 is 19.0 Å². The van der Waals surface area contributed by atoms with Gasteiger partial charge in [-0.1, -0.05) is 14.3 Å². The van der Waals surface area contributed by atoms with Crippen LogP contribution in [0.2, 0.25) is 0 Å². The van der Waals surface area contributed by atoms with Gasteiger partial charge < -0.3 is 14.6 Å². The lowest BCUT2D eigenvalue weighted by Crippen LogP contribution is -2.27. The van der Waals surface area contributed by atoms with Crippen LogP contribution in [-0.2, 0) is 17.1 Å². The highest BCUT2D eigenvalue weighted by atomic mass is 31.1. The van der Waals surface area contributed by atoms with Crippen LogP contribution in [0.1, 0.15) is 23.6 Å². The molecule has 0 aliphatic rings. The van der Waals surface area contributed by atoms with Crippen LogP contribution in [0.15, 0.2) is 42.5 Å². The third-order valence-electron chi connectivity index (χ3n) is 3.66. The van der Waals surface area contributed by atoms with Gasteiger partial charge in [0, 0.05) is 11.9 Å². The molecule has 0 atom stereocenters. The minimum atomic E-state index is -5.10. The van der Waals surface area contributed by atoms with Gasteiger partial charge in [0.05, 0.1) is 17.7 Å². The number of halogens is 6. The maximum absolute atomic E-state index is 13.2. The van der Waals surface area contributed by atoms with Crippen molar-refractivity contribution in [2.24, 2.45) is 0 Å². The summed E-state index contributed by atoms with van der Waals surface area (Å²) >= 11 is 0. The second kappa shape index (κ2) is 9.61. The molecule has 0 aromatic heterocycles. The summed E-state index contributed by atoms with van der Waals surface area (Å²) < 4.78 is 89.6. The summed E-state index contributed by atoms with van der Waals surface area (Å²) in [5, 5.41) is 12.7. The minimum absolute atomic E-state index is 0.234. The van der Waals surface area contributed by atoms with Gasteiger partial charge in [0.25, 0.3) is 0 Å². The van der Waals surface area contributed by atoms with Crippen LogP contribution in [0.3, 0.4) is 0 Å². The molecule has 2 aromatic rings. The normalized spacial score (nSPS) is 12.9. The fourth-order valence-corrected chi connectivity index (χ4v) is 3.29. The van der Waals surface area contributed by atoms with E-state index >= 15 is 0 Å². The average Bonchev–Trinajstić information content (AvgIpc) is 2.64. The van der Waals surface area contributed by atoms with Crippen LogP contribution < -0.4 is 15.1 Å². The van der Waals surface area contributed by atoms with Gasteiger partial charge in [-0.2, -0.15) is 26.3 Å². The topological polar surface area (TPSA) is 41.5 Å². The summed E-state index contributed by atoms with van der Waals surface area (Å²) in [6, 6.07) is 7.32. The molecule has 158 valence electrons. The molecule has 10 heteroatoms. The second-order valence-corrected chi connectivity index (χ2v) is 6.83. The van der Waals surface area contributed by atoms with Gasteiger partial charge in [-0.3, -0.25) is 0 Å². The summed E-state index contributed by atoms with van der Waals surface area (Å²) in [7, 11) is -0.318. The van der Waals surface area contributed by atoms with E-state index in [4.69, 9.17) is 9.47 Å². The van der Waals surface area contributed by atoms with E-state index in [1.165, 1.54) is 24.3 Å². The zero-order valence-corrected chi connectivity index (χ0v) is 16.0. The van der Waals surface area contributed by atoms with Crippen molar-refractivity contribution in [3.05, 3.63) is 59.2 Å². The summed E-state index contributed by atoms with van der Waals surface area (Å²) in [5.41, 5.74) is -5.90. The Kier molecular flexibility index (Phi) is 7.68. The van der Waals surface area contributed by atoms with Gasteiger partial charge in [-0.05, 0) is 48.9 Å². The number of rotatable bonds is 7. The van der Waals surface area contributed by atoms with Crippen molar-refractivity contribution in [1.82, 2.24) is 0 Å². The van der Waals surface area contributed by atoms with Crippen LogP contribution in [0.25, 0.3) is 0 Å². The highest BCUT2D eigenvalue weighted by molar-refractivity contribution is 7.49. The number of hydrogen-bond donors (Lipinski definition) is 0. The highest BCUT2D eigenvalue weighted by Crippen LogP contribution is 2.39. The average molecular weight is 437 g/mol. The molecule has 0 unspecified atom stereocenters. The first kappa shape index (κ1) is 23.2. The number of alkyl halides is 6. The van der Waals surface area contributed by atoms with Gasteiger partial charge in [0.15, 0.2) is 0 Å². The van der Waals surface area contributed by atoms with Crippen molar-refractivity contribution < 1.29 is 40.9 Å². The van der Waals surface area contributed by atoms with Gasteiger partial charge in [-0.25, -0.2) is 0 Å². The number of benzene rings is 2. The molecule has 3 nitrogen and oxygen atoms in total. The Balaban J connectivity index is 2.36. The van der Waals surface area contributed by atoms with E-state index in [9.17, 15) is 31.4 Å². The molecule has 0 saturated carbocycles. The lowest BCUT2D eigenvalue weighted by molar-refractivity contribution is -0.209. The monoisotopic (exact) mass is 437 g/mol. The Morgan fingerprint density at radius 1 is 0.897 bits per heavy atom. The Morgan fingerprint density at radius 3 is 1.93 bits per heavy atom.